The molecule has 1 fully saturated rings. The lowest BCUT2D eigenvalue weighted by Gasteiger charge is -2.34. The van der Waals surface area contributed by atoms with Crippen molar-refractivity contribution in [2.24, 2.45) is 7.05 Å². The fraction of sp³-hybridized carbons (Fsp3) is 0.471. The molecule has 136 valence electrons. The summed E-state index contributed by atoms with van der Waals surface area (Å²) in [6.07, 6.45) is 1.39. The van der Waals surface area contributed by atoms with Gasteiger partial charge in [-0.05, 0) is 12.5 Å². The Bertz CT molecular complexity index is 799. The summed E-state index contributed by atoms with van der Waals surface area (Å²) < 4.78 is 35.1. The van der Waals surface area contributed by atoms with Gasteiger partial charge in [0.05, 0.1) is 25.1 Å². The quantitative estimate of drug-likeness (QED) is 0.830. The Kier molecular flexibility index (Phi) is 5.53. The van der Waals surface area contributed by atoms with Crippen LogP contribution in [0.25, 0.3) is 0 Å². The summed E-state index contributed by atoms with van der Waals surface area (Å²) in [4.78, 5) is 2.49. The number of nitrogens with one attached hydrogen (secondary N) is 1. The second-order valence-corrected chi connectivity index (χ2v) is 7.88. The van der Waals surface area contributed by atoms with E-state index in [1.807, 2.05) is 30.3 Å². The molecule has 0 spiro atoms. The van der Waals surface area contributed by atoms with Crippen molar-refractivity contribution in [2.45, 2.75) is 17.9 Å². The molecular weight excluding hydrogens is 340 g/mol. The number of hydrogen-bond acceptors (Lipinski definition) is 5. The average Bonchev–Trinajstić information content (AvgIpc) is 2.97. The molecule has 0 saturated carbocycles. The van der Waals surface area contributed by atoms with Gasteiger partial charge in [-0.25, -0.2) is 13.1 Å². The third-order valence-electron chi connectivity index (χ3n) is 4.62. The first-order chi connectivity index (χ1) is 12.0. The summed E-state index contributed by atoms with van der Waals surface area (Å²) in [5.41, 5.74) is 1.71. The summed E-state index contributed by atoms with van der Waals surface area (Å²) in [5, 5.41) is 4.03. The molecule has 0 bridgehead atoms. The van der Waals surface area contributed by atoms with E-state index in [1.165, 1.54) is 6.20 Å². The fourth-order valence-electron chi connectivity index (χ4n) is 3.03. The van der Waals surface area contributed by atoms with Crippen LogP contribution in [0.3, 0.4) is 0 Å². The van der Waals surface area contributed by atoms with Crippen LogP contribution in [0.4, 0.5) is 0 Å². The first-order valence-electron chi connectivity index (χ1n) is 8.34. The summed E-state index contributed by atoms with van der Waals surface area (Å²) in [6, 6.07) is 9.94. The molecule has 1 atom stereocenters. The molecule has 25 heavy (non-hydrogen) atoms. The summed E-state index contributed by atoms with van der Waals surface area (Å²) >= 11 is 0. The van der Waals surface area contributed by atoms with E-state index in [2.05, 4.69) is 14.7 Å². The van der Waals surface area contributed by atoms with Gasteiger partial charge in [-0.2, -0.15) is 5.10 Å². The monoisotopic (exact) mass is 364 g/mol. The minimum absolute atomic E-state index is 0.0307. The topological polar surface area (TPSA) is 76.5 Å². The zero-order valence-electron chi connectivity index (χ0n) is 14.6. The van der Waals surface area contributed by atoms with Crippen LogP contribution in [0.5, 0.6) is 0 Å². The van der Waals surface area contributed by atoms with Gasteiger partial charge in [0.2, 0.25) is 10.0 Å². The highest BCUT2D eigenvalue weighted by atomic mass is 32.2. The molecular formula is C17H24N4O3S. The Morgan fingerprint density at radius 2 is 1.92 bits per heavy atom. The van der Waals surface area contributed by atoms with Gasteiger partial charge in [-0.15, -0.1) is 0 Å². The highest BCUT2D eigenvalue weighted by molar-refractivity contribution is 7.89. The first-order valence-corrected chi connectivity index (χ1v) is 9.82. The number of aryl methyl sites for hydroxylation is 1. The lowest BCUT2D eigenvalue weighted by atomic mass is 10.1. The van der Waals surface area contributed by atoms with E-state index in [0.29, 0.717) is 25.5 Å². The molecule has 1 unspecified atom stereocenters. The van der Waals surface area contributed by atoms with Gasteiger partial charge in [0.25, 0.3) is 0 Å². The normalized spacial score (nSPS) is 17.5. The Labute approximate surface area is 148 Å². The Morgan fingerprint density at radius 1 is 1.24 bits per heavy atom. The average molecular weight is 364 g/mol. The molecule has 8 heteroatoms. The highest BCUT2D eigenvalue weighted by Crippen LogP contribution is 2.22. The van der Waals surface area contributed by atoms with Gasteiger partial charge in [0.1, 0.15) is 4.90 Å². The van der Waals surface area contributed by atoms with Crippen LogP contribution in [-0.4, -0.2) is 55.9 Å². The van der Waals surface area contributed by atoms with Crippen molar-refractivity contribution in [3.05, 3.63) is 47.8 Å². The van der Waals surface area contributed by atoms with Gasteiger partial charge in [0.15, 0.2) is 0 Å². The van der Waals surface area contributed by atoms with Crippen molar-refractivity contribution < 1.29 is 13.2 Å². The van der Waals surface area contributed by atoms with E-state index in [9.17, 15) is 8.42 Å². The van der Waals surface area contributed by atoms with E-state index >= 15 is 0 Å². The van der Waals surface area contributed by atoms with E-state index in [0.717, 1.165) is 18.7 Å². The van der Waals surface area contributed by atoms with Crippen molar-refractivity contribution in [3.63, 3.8) is 0 Å². The smallest absolute Gasteiger partial charge is 0.244 e. The van der Waals surface area contributed by atoms with Crippen LogP contribution in [0.2, 0.25) is 0 Å². The van der Waals surface area contributed by atoms with Crippen LogP contribution < -0.4 is 4.72 Å². The number of benzene rings is 1. The maximum Gasteiger partial charge on any atom is 0.244 e. The molecule has 7 nitrogen and oxygen atoms in total. The second-order valence-electron chi connectivity index (χ2n) is 6.14. The number of sulfonamides is 1. The number of aromatic nitrogens is 2. The molecule has 1 aromatic heterocycles. The zero-order valence-corrected chi connectivity index (χ0v) is 15.4. The van der Waals surface area contributed by atoms with Crippen LogP contribution in [0, 0.1) is 6.92 Å². The highest BCUT2D eigenvalue weighted by Gasteiger charge is 2.26. The molecule has 1 saturated heterocycles. The zero-order chi connectivity index (χ0) is 17.9. The van der Waals surface area contributed by atoms with Gasteiger partial charge in [-0.1, -0.05) is 30.3 Å². The first kappa shape index (κ1) is 18.1. The van der Waals surface area contributed by atoms with E-state index in [1.54, 1.807) is 18.7 Å². The molecule has 3 rings (SSSR count). The SMILES string of the molecule is Cc1c(S(=O)(=O)NCC(c2ccccc2)N2CCOCC2)cnn1C. The number of morpholine rings is 1. The molecule has 0 amide bonds. The number of hydrogen-bond donors (Lipinski definition) is 1. The summed E-state index contributed by atoms with van der Waals surface area (Å²) in [5.74, 6) is 0. The van der Waals surface area contributed by atoms with Crippen LogP contribution >= 0.6 is 0 Å². The molecule has 1 aliphatic rings. The third kappa shape index (κ3) is 4.09. The fourth-order valence-corrected chi connectivity index (χ4v) is 4.27. The molecule has 1 N–H and O–H groups in total. The predicted octanol–water partition coefficient (Wildman–Crippen LogP) is 1.08. The number of rotatable bonds is 6. The van der Waals surface area contributed by atoms with Gasteiger partial charge < -0.3 is 4.74 Å². The van der Waals surface area contributed by atoms with Crippen molar-refractivity contribution in [1.82, 2.24) is 19.4 Å². The van der Waals surface area contributed by atoms with Crippen molar-refractivity contribution >= 4 is 10.0 Å². The van der Waals surface area contributed by atoms with Crippen LogP contribution in [0.1, 0.15) is 17.3 Å². The van der Waals surface area contributed by atoms with E-state index in [-0.39, 0.29) is 10.9 Å². The predicted molar refractivity (Wildman–Crippen MR) is 94.7 cm³/mol. The minimum Gasteiger partial charge on any atom is -0.379 e. The van der Waals surface area contributed by atoms with Gasteiger partial charge >= 0.3 is 0 Å². The molecule has 2 aromatic rings. The third-order valence-corrected chi connectivity index (χ3v) is 6.14. The van der Waals surface area contributed by atoms with Gasteiger partial charge in [-0.3, -0.25) is 9.58 Å². The molecule has 1 aliphatic heterocycles. The largest absolute Gasteiger partial charge is 0.379 e. The maximum absolute atomic E-state index is 12.7. The summed E-state index contributed by atoms with van der Waals surface area (Å²) in [6.45, 7) is 4.95. The molecule has 0 radical (unpaired) electrons. The standard InChI is InChI=1S/C17H24N4O3S/c1-14-17(13-18-20(14)2)25(22,23)19-12-16(15-6-4-3-5-7-15)21-8-10-24-11-9-21/h3-7,13,16,19H,8-12H2,1-2H3. The lowest BCUT2D eigenvalue weighted by molar-refractivity contribution is 0.0172. The number of ether oxygens (including phenoxy) is 1. The van der Waals surface area contributed by atoms with Crippen molar-refractivity contribution in [1.29, 1.82) is 0 Å². The maximum atomic E-state index is 12.7. The van der Waals surface area contributed by atoms with Crippen LogP contribution in [-0.2, 0) is 21.8 Å². The van der Waals surface area contributed by atoms with Crippen LogP contribution in [0.15, 0.2) is 41.4 Å². The Morgan fingerprint density at radius 3 is 2.52 bits per heavy atom. The second kappa shape index (κ2) is 7.65. The van der Waals surface area contributed by atoms with Gasteiger partial charge in [0, 0.05) is 32.7 Å². The van der Waals surface area contributed by atoms with Crippen molar-refractivity contribution in [3.8, 4) is 0 Å². The molecule has 2 heterocycles. The van der Waals surface area contributed by atoms with E-state index < -0.39 is 10.0 Å². The Balaban J connectivity index is 1.79. The number of nitrogens with zero attached hydrogens (tertiary/aromatic N) is 3. The summed E-state index contributed by atoms with van der Waals surface area (Å²) in [7, 11) is -1.87. The minimum atomic E-state index is -3.60. The molecule has 0 aliphatic carbocycles. The lowest BCUT2D eigenvalue weighted by Crippen LogP contribution is -2.43. The Hall–Kier alpha value is -1.74. The van der Waals surface area contributed by atoms with Crippen molar-refractivity contribution in [2.75, 3.05) is 32.8 Å². The van der Waals surface area contributed by atoms with E-state index in [4.69, 9.17) is 4.74 Å². The molecule has 1 aromatic carbocycles.